The van der Waals surface area contributed by atoms with Crippen molar-refractivity contribution in [1.29, 1.82) is 0 Å². The highest BCUT2D eigenvalue weighted by molar-refractivity contribution is 6.32. The summed E-state index contributed by atoms with van der Waals surface area (Å²) in [6, 6.07) is 14.3. The summed E-state index contributed by atoms with van der Waals surface area (Å²) in [5.41, 5.74) is 2.80. The predicted octanol–water partition coefficient (Wildman–Crippen LogP) is 3.49. The summed E-state index contributed by atoms with van der Waals surface area (Å²) < 4.78 is 0. The van der Waals surface area contributed by atoms with Crippen LogP contribution in [0.2, 0.25) is 10.0 Å². The van der Waals surface area contributed by atoms with Crippen molar-refractivity contribution in [1.82, 2.24) is 20.4 Å². The number of H-pyrrole nitrogens is 1. The number of hydrogen-bond donors (Lipinski definition) is 3. The van der Waals surface area contributed by atoms with Crippen LogP contribution in [0.4, 0.5) is 0 Å². The number of aliphatic hydroxyl groups is 1. The van der Waals surface area contributed by atoms with Crippen molar-refractivity contribution in [3.63, 3.8) is 0 Å². The van der Waals surface area contributed by atoms with Gasteiger partial charge in [0.2, 0.25) is 0 Å². The SMILES string of the molecule is O=C(N/N=C(\c1nc2ccc(Cl)cc2[nH]c1=O)[C@@H](O)c1ccccc1Cl)c1ccncc1. The monoisotopic (exact) mass is 467 g/mol. The van der Waals surface area contributed by atoms with Crippen molar-refractivity contribution in [2.45, 2.75) is 6.10 Å². The van der Waals surface area contributed by atoms with Gasteiger partial charge in [-0.05, 0) is 36.4 Å². The Balaban J connectivity index is 1.82. The number of pyridine rings is 1. The van der Waals surface area contributed by atoms with Gasteiger partial charge in [-0.15, -0.1) is 0 Å². The number of aromatic nitrogens is 3. The van der Waals surface area contributed by atoms with E-state index >= 15 is 0 Å². The number of carbonyl (C=O) groups is 1. The first kappa shape index (κ1) is 21.6. The highest BCUT2D eigenvalue weighted by Crippen LogP contribution is 2.25. The molecule has 0 unspecified atom stereocenters. The molecule has 32 heavy (non-hydrogen) atoms. The van der Waals surface area contributed by atoms with Gasteiger partial charge in [-0.25, -0.2) is 10.4 Å². The molecule has 0 radical (unpaired) electrons. The van der Waals surface area contributed by atoms with Gasteiger partial charge < -0.3 is 10.1 Å². The van der Waals surface area contributed by atoms with E-state index in [-0.39, 0.29) is 16.4 Å². The van der Waals surface area contributed by atoms with Gasteiger partial charge in [-0.2, -0.15) is 5.10 Å². The summed E-state index contributed by atoms with van der Waals surface area (Å²) in [7, 11) is 0. The molecule has 160 valence electrons. The predicted molar refractivity (Wildman–Crippen MR) is 122 cm³/mol. The number of aromatic amines is 1. The van der Waals surface area contributed by atoms with E-state index < -0.39 is 17.6 Å². The molecule has 0 aliphatic rings. The van der Waals surface area contributed by atoms with E-state index in [4.69, 9.17) is 23.2 Å². The van der Waals surface area contributed by atoms with Crippen LogP contribution in [-0.4, -0.2) is 31.7 Å². The van der Waals surface area contributed by atoms with Gasteiger partial charge in [0, 0.05) is 33.6 Å². The molecule has 2 heterocycles. The Morgan fingerprint density at radius 3 is 2.59 bits per heavy atom. The van der Waals surface area contributed by atoms with Gasteiger partial charge in [0.05, 0.1) is 11.0 Å². The highest BCUT2D eigenvalue weighted by atomic mass is 35.5. The first-order valence-corrected chi connectivity index (χ1v) is 10.1. The van der Waals surface area contributed by atoms with Crippen molar-refractivity contribution >= 4 is 45.9 Å². The number of carbonyl (C=O) groups excluding carboxylic acids is 1. The van der Waals surface area contributed by atoms with Crippen LogP contribution >= 0.6 is 23.2 Å². The Morgan fingerprint density at radius 1 is 1.09 bits per heavy atom. The van der Waals surface area contributed by atoms with Crippen LogP contribution in [0.25, 0.3) is 11.0 Å². The molecule has 1 atom stereocenters. The largest absolute Gasteiger partial charge is 0.382 e. The molecule has 2 aromatic carbocycles. The number of halogens is 2. The molecule has 8 nitrogen and oxygen atoms in total. The molecule has 0 saturated carbocycles. The third-order valence-electron chi connectivity index (χ3n) is 4.58. The van der Waals surface area contributed by atoms with E-state index in [0.29, 0.717) is 27.2 Å². The van der Waals surface area contributed by atoms with E-state index in [9.17, 15) is 14.7 Å². The Labute approximate surface area is 191 Å². The van der Waals surface area contributed by atoms with Crippen molar-refractivity contribution in [2.24, 2.45) is 5.10 Å². The Hall–Kier alpha value is -3.59. The molecule has 0 spiro atoms. The van der Waals surface area contributed by atoms with Gasteiger partial charge in [-0.1, -0.05) is 41.4 Å². The molecule has 0 saturated heterocycles. The highest BCUT2D eigenvalue weighted by Gasteiger charge is 2.24. The molecule has 0 aliphatic carbocycles. The lowest BCUT2D eigenvalue weighted by Crippen LogP contribution is -2.29. The van der Waals surface area contributed by atoms with Gasteiger partial charge in [0.1, 0.15) is 11.8 Å². The van der Waals surface area contributed by atoms with Crippen LogP contribution in [-0.2, 0) is 0 Å². The summed E-state index contributed by atoms with van der Waals surface area (Å²) in [4.78, 5) is 36.2. The number of amides is 1. The molecule has 0 fully saturated rings. The summed E-state index contributed by atoms with van der Waals surface area (Å²) >= 11 is 12.2. The molecule has 4 rings (SSSR count). The first-order chi connectivity index (χ1) is 15.4. The number of benzene rings is 2. The topological polar surface area (TPSA) is 120 Å². The molecule has 0 aliphatic heterocycles. The summed E-state index contributed by atoms with van der Waals surface area (Å²) in [5.74, 6) is -0.555. The van der Waals surface area contributed by atoms with Gasteiger partial charge in [0.15, 0.2) is 5.69 Å². The van der Waals surface area contributed by atoms with Crippen LogP contribution in [0.1, 0.15) is 27.7 Å². The van der Waals surface area contributed by atoms with E-state index in [0.717, 1.165) is 0 Å². The van der Waals surface area contributed by atoms with Crippen LogP contribution < -0.4 is 11.0 Å². The average molecular weight is 468 g/mol. The maximum Gasteiger partial charge on any atom is 0.276 e. The molecular weight excluding hydrogens is 453 g/mol. The van der Waals surface area contributed by atoms with Crippen molar-refractivity contribution in [2.75, 3.05) is 0 Å². The summed E-state index contributed by atoms with van der Waals surface area (Å²) in [6.45, 7) is 0. The van der Waals surface area contributed by atoms with E-state index in [1.54, 1.807) is 42.5 Å². The van der Waals surface area contributed by atoms with E-state index in [1.807, 2.05) is 0 Å². The normalized spacial score (nSPS) is 12.5. The third kappa shape index (κ3) is 4.52. The minimum absolute atomic E-state index is 0.178. The number of nitrogens with one attached hydrogen (secondary N) is 2. The van der Waals surface area contributed by atoms with Crippen molar-refractivity contribution in [3.8, 4) is 0 Å². The zero-order valence-corrected chi connectivity index (χ0v) is 17.8. The first-order valence-electron chi connectivity index (χ1n) is 9.34. The number of aliphatic hydroxyl groups excluding tert-OH is 1. The van der Waals surface area contributed by atoms with E-state index in [2.05, 4.69) is 25.5 Å². The van der Waals surface area contributed by atoms with Crippen LogP contribution in [0.3, 0.4) is 0 Å². The number of fused-ring (bicyclic) bond motifs is 1. The average Bonchev–Trinajstić information content (AvgIpc) is 2.80. The van der Waals surface area contributed by atoms with Crippen LogP contribution in [0, 0.1) is 0 Å². The smallest absolute Gasteiger partial charge is 0.276 e. The molecule has 0 bridgehead atoms. The van der Waals surface area contributed by atoms with Crippen LogP contribution in [0.15, 0.2) is 76.9 Å². The molecule has 10 heteroatoms. The van der Waals surface area contributed by atoms with Gasteiger partial charge >= 0.3 is 0 Å². The minimum atomic E-state index is -1.44. The second-order valence-corrected chi connectivity index (χ2v) is 7.52. The quantitative estimate of drug-likeness (QED) is 0.306. The lowest BCUT2D eigenvalue weighted by molar-refractivity contribution is 0.0954. The molecule has 2 aromatic heterocycles. The Kier molecular flexibility index (Phi) is 6.27. The fourth-order valence-corrected chi connectivity index (χ4v) is 3.41. The van der Waals surface area contributed by atoms with Crippen LogP contribution in [0.5, 0.6) is 0 Å². The van der Waals surface area contributed by atoms with E-state index in [1.165, 1.54) is 24.5 Å². The molecule has 3 N–H and O–H groups in total. The standard InChI is InChI=1S/C22H15Cl2N5O3/c23-13-5-6-16-17(11-13)27-22(32)19(26-16)18(20(30)14-3-1-2-4-15(14)24)28-29-21(31)12-7-9-25-10-8-12/h1-11,20,30H,(H,27,32)(H,29,31)/b28-18+/t20-/m0/s1. The number of rotatable bonds is 5. The molecule has 1 amide bonds. The molecular formula is C22H15Cl2N5O3. The third-order valence-corrected chi connectivity index (χ3v) is 5.16. The Bertz CT molecular complexity index is 1390. The number of nitrogens with zero attached hydrogens (tertiary/aromatic N) is 3. The lowest BCUT2D eigenvalue weighted by Gasteiger charge is -2.15. The second kappa shape index (κ2) is 9.27. The van der Waals surface area contributed by atoms with Crippen molar-refractivity contribution in [3.05, 3.63) is 104 Å². The summed E-state index contributed by atoms with van der Waals surface area (Å²) in [5, 5.41) is 15.8. The number of hydrogen-bond acceptors (Lipinski definition) is 6. The lowest BCUT2D eigenvalue weighted by atomic mass is 10.0. The molecule has 4 aromatic rings. The zero-order valence-electron chi connectivity index (χ0n) is 16.3. The fraction of sp³-hybridized carbons (Fsp3) is 0.0455. The summed E-state index contributed by atoms with van der Waals surface area (Å²) in [6.07, 6.45) is 1.47. The van der Waals surface area contributed by atoms with Gasteiger partial charge in [0.25, 0.3) is 11.5 Å². The van der Waals surface area contributed by atoms with Crippen molar-refractivity contribution < 1.29 is 9.90 Å². The van der Waals surface area contributed by atoms with Gasteiger partial charge in [-0.3, -0.25) is 14.6 Å². The second-order valence-electron chi connectivity index (χ2n) is 6.67. The Morgan fingerprint density at radius 2 is 1.84 bits per heavy atom. The maximum absolute atomic E-state index is 12.8. The maximum atomic E-state index is 12.8. The minimum Gasteiger partial charge on any atom is -0.382 e. The fourth-order valence-electron chi connectivity index (χ4n) is 3.00. The zero-order chi connectivity index (χ0) is 22.7. The number of hydrazone groups is 1.